The van der Waals surface area contributed by atoms with E-state index >= 15 is 0 Å². The number of esters is 2. The van der Waals surface area contributed by atoms with Crippen LogP contribution in [-0.2, 0) is 23.9 Å². The van der Waals surface area contributed by atoms with Crippen LogP contribution in [0.4, 0.5) is 0 Å². The van der Waals surface area contributed by atoms with Gasteiger partial charge in [-0.05, 0) is 32.8 Å². The van der Waals surface area contributed by atoms with Gasteiger partial charge in [0.25, 0.3) is 5.09 Å². The number of hydrogen-bond donors (Lipinski definition) is 1. The molecule has 1 aromatic rings. The molecule has 0 bridgehead atoms. The molecule has 0 saturated heterocycles. The van der Waals surface area contributed by atoms with Crippen LogP contribution in [-0.4, -0.2) is 44.5 Å². The van der Waals surface area contributed by atoms with Crippen LogP contribution in [0.1, 0.15) is 51.0 Å². The van der Waals surface area contributed by atoms with E-state index in [0.717, 1.165) is 19.3 Å². The summed E-state index contributed by atoms with van der Waals surface area (Å²) in [5.41, 5.74) is 2.45. The van der Waals surface area contributed by atoms with Gasteiger partial charge >= 0.3 is 11.9 Å². The number of nitrogens with zero attached hydrogens (tertiary/aromatic N) is 1. The number of carbonyl (C=O) groups excluding carboxylic acids is 2. The van der Waals surface area contributed by atoms with E-state index in [1.54, 1.807) is 19.9 Å². The van der Waals surface area contributed by atoms with Crippen molar-refractivity contribution < 1.29 is 33.7 Å². The zero-order valence-corrected chi connectivity index (χ0v) is 19.3. The highest BCUT2D eigenvalue weighted by atomic mass is 16.9. The number of dihydropyridines is 1. The highest BCUT2D eigenvalue weighted by molar-refractivity contribution is 6.00. The van der Waals surface area contributed by atoms with E-state index in [2.05, 4.69) is 10.2 Å². The lowest BCUT2D eigenvalue weighted by atomic mass is 9.80. The maximum atomic E-state index is 12.7. The van der Waals surface area contributed by atoms with E-state index in [9.17, 15) is 19.7 Å². The molecule has 0 saturated carbocycles. The first-order valence-corrected chi connectivity index (χ1v) is 10.7. The largest absolute Gasteiger partial charge is 0.493 e. The van der Waals surface area contributed by atoms with Gasteiger partial charge < -0.3 is 24.4 Å². The van der Waals surface area contributed by atoms with Gasteiger partial charge in [0, 0.05) is 17.0 Å². The topological polar surface area (TPSA) is 126 Å². The maximum Gasteiger partial charge on any atom is 0.336 e. The molecule has 10 nitrogen and oxygen atoms in total. The molecule has 0 unspecified atom stereocenters. The van der Waals surface area contributed by atoms with Gasteiger partial charge in [-0.25, -0.2) is 9.59 Å². The summed E-state index contributed by atoms with van der Waals surface area (Å²) >= 11 is 0. The fourth-order valence-corrected chi connectivity index (χ4v) is 3.80. The first kappa shape index (κ1) is 25.7. The highest BCUT2D eigenvalue weighted by Crippen LogP contribution is 2.42. The fraction of sp³-hybridized carbons (Fsp3) is 0.478. The number of benzene rings is 1. The zero-order chi connectivity index (χ0) is 24.4. The Hall–Kier alpha value is -3.56. The van der Waals surface area contributed by atoms with Gasteiger partial charge in [-0.3, -0.25) is 0 Å². The molecule has 0 radical (unpaired) electrons. The van der Waals surface area contributed by atoms with Gasteiger partial charge in [-0.2, -0.15) is 0 Å². The average molecular weight is 462 g/mol. The lowest BCUT2D eigenvalue weighted by Gasteiger charge is -2.31. The smallest absolute Gasteiger partial charge is 0.336 e. The van der Waals surface area contributed by atoms with Crippen molar-refractivity contribution in [3.05, 3.63) is 62.5 Å². The minimum Gasteiger partial charge on any atom is -0.493 e. The van der Waals surface area contributed by atoms with E-state index in [4.69, 9.17) is 14.2 Å². The quantitative estimate of drug-likeness (QED) is 0.215. The Morgan fingerprint density at radius 2 is 1.48 bits per heavy atom. The summed E-state index contributed by atoms with van der Waals surface area (Å²) in [5, 5.41) is 12.4. The molecule has 1 aromatic carbocycles. The van der Waals surface area contributed by atoms with Crippen molar-refractivity contribution >= 4 is 11.9 Å². The van der Waals surface area contributed by atoms with Gasteiger partial charge in [0.05, 0.1) is 44.5 Å². The van der Waals surface area contributed by atoms with E-state index in [1.807, 2.05) is 18.2 Å². The third-order valence-corrected chi connectivity index (χ3v) is 5.29. The van der Waals surface area contributed by atoms with Crippen LogP contribution in [0.2, 0.25) is 0 Å². The van der Waals surface area contributed by atoms with Crippen LogP contribution in [0.15, 0.2) is 46.8 Å². The van der Waals surface area contributed by atoms with Crippen LogP contribution in [0.25, 0.3) is 0 Å². The van der Waals surface area contributed by atoms with Gasteiger partial charge in [-0.15, -0.1) is 10.1 Å². The lowest BCUT2D eigenvalue weighted by molar-refractivity contribution is -0.757. The molecule has 0 fully saturated rings. The molecular weight excluding hydrogens is 432 g/mol. The Balaban J connectivity index is 2.22. The molecule has 1 aliphatic heterocycles. The number of ether oxygens (including phenoxy) is 3. The van der Waals surface area contributed by atoms with Gasteiger partial charge in [0.2, 0.25) is 0 Å². The summed E-state index contributed by atoms with van der Waals surface area (Å²) in [6.45, 7) is 3.99. The molecular formula is C23H30N2O8. The van der Waals surface area contributed by atoms with Crippen molar-refractivity contribution in [1.29, 1.82) is 0 Å². The number of para-hydroxylation sites is 1. The molecule has 0 atom stereocenters. The van der Waals surface area contributed by atoms with Gasteiger partial charge in [-0.1, -0.05) is 31.0 Å². The molecule has 180 valence electrons. The van der Waals surface area contributed by atoms with Crippen LogP contribution in [0.3, 0.4) is 0 Å². The Morgan fingerprint density at radius 3 is 2.03 bits per heavy atom. The number of carbonyl (C=O) groups is 2. The molecule has 0 aliphatic carbocycles. The molecule has 0 amide bonds. The Morgan fingerprint density at radius 1 is 0.939 bits per heavy atom. The molecule has 1 N–H and O–H groups in total. The minimum atomic E-state index is -0.793. The van der Waals surface area contributed by atoms with Crippen molar-refractivity contribution in [1.82, 2.24) is 5.32 Å². The Bertz CT molecular complexity index is 900. The predicted octanol–water partition coefficient (Wildman–Crippen LogP) is 3.41. The number of unbranched alkanes of at least 4 members (excludes halogenated alkanes) is 3. The Labute approximate surface area is 192 Å². The first-order chi connectivity index (χ1) is 15.8. The maximum absolute atomic E-state index is 12.7. The molecule has 1 heterocycles. The summed E-state index contributed by atoms with van der Waals surface area (Å²) in [5.74, 6) is -1.28. The van der Waals surface area contributed by atoms with Crippen LogP contribution in [0.5, 0.6) is 5.75 Å². The number of hydrogen-bond acceptors (Lipinski definition) is 9. The van der Waals surface area contributed by atoms with Crippen molar-refractivity contribution in [2.45, 2.75) is 45.4 Å². The van der Waals surface area contributed by atoms with Crippen molar-refractivity contribution in [3.63, 3.8) is 0 Å². The van der Waals surface area contributed by atoms with Gasteiger partial charge in [0.1, 0.15) is 5.75 Å². The summed E-state index contributed by atoms with van der Waals surface area (Å²) < 4.78 is 16.0. The second-order valence-corrected chi connectivity index (χ2v) is 7.48. The normalized spacial score (nSPS) is 13.9. The predicted molar refractivity (Wildman–Crippen MR) is 119 cm³/mol. The average Bonchev–Trinajstić information content (AvgIpc) is 2.79. The van der Waals surface area contributed by atoms with Gasteiger partial charge in [0.15, 0.2) is 0 Å². The molecule has 33 heavy (non-hydrogen) atoms. The zero-order valence-electron chi connectivity index (χ0n) is 19.3. The Kier molecular flexibility index (Phi) is 9.71. The van der Waals surface area contributed by atoms with E-state index in [1.165, 1.54) is 14.2 Å². The lowest BCUT2D eigenvalue weighted by Crippen LogP contribution is -2.32. The third kappa shape index (κ3) is 6.71. The number of allylic oxidation sites excluding steroid dienone is 2. The number of rotatable bonds is 12. The number of nitrogens with one attached hydrogen (secondary N) is 1. The van der Waals surface area contributed by atoms with Crippen LogP contribution in [0, 0.1) is 10.1 Å². The third-order valence-electron chi connectivity index (χ3n) is 5.29. The minimum absolute atomic E-state index is 0.0797. The number of methoxy groups -OCH3 is 2. The fourth-order valence-electron chi connectivity index (χ4n) is 3.80. The second-order valence-electron chi connectivity index (χ2n) is 7.48. The standard InChI is InChI=1S/C23H30N2O8/c1-15-19(22(26)30-3)21(20(16(2)24-15)23(27)31-4)17-11-7-8-12-18(17)32-13-9-5-6-10-14-33-25(28)29/h7-8,11-12,21,24H,5-6,9-10,13-14H2,1-4H3. The molecule has 2 rings (SSSR count). The van der Waals surface area contributed by atoms with Crippen molar-refractivity contribution in [2.24, 2.45) is 0 Å². The van der Waals surface area contributed by atoms with E-state index in [-0.39, 0.29) is 6.61 Å². The monoisotopic (exact) mass is 462 g/mol. The van der Waals surface area contributed by atoms with E-state index in [0.29, 0.717) is 46.9 Å². The first-order valence-electron chi connectivity index (χ1n) is 10.7. The molecule has 0 aromatic heterocycles. The van der Waals surface area contributed by atoms with Crippen LogP contribution < -0.4 is 10.1 Å². The molecule has 0 spiro atoms. The summed E-state index contributed by atoms with van der Waals surface area (Å²) in [6, 6.07) is 7.23. The highest BCUT2D eigenvalue weighted by Gasteiger charge is 2.38. The van der Waals surface area contributed by atoms with Crippen molar-refractivity contribution in [3.8, 4) is 5.75 Å². The SMILES string of the molecule is COC(=O)C1=C(C)NC(C)=C(C(=O)OC)C1c1ccccc1OCCCCCCO[N+](=O)[O-]. The van der Waals surface area contributed by atoms with Crippen molar-refractivity contribution in [2.75, 3.05) is 27.4 Å². The summed E-state index contributed by atoms with van der Waals surface area (Å²) in [6.07, 6.45) is 2.91. The molecule has 1 aliphatic rings. The summed E-state index contributed by atoms with van der Waals surface area (Å²) in [4.78, 5) is 39.8. The molecule has 10 heteroatoms. The van der Waals surface area contributed by atoms with Crippen LogP contribution >= 0.6 is 0 Å². The summed E-state index contributed by atoms with van der Waals surface area (Å²) in [7, 11) is 2.59. The van der Waals surface area contributed by atoms with E-state index < -0.39 is 22.9 Å². The second kappa shape index (κ2) is 12.5.